The number of carbonyl (C=O) groups excluding carboxylic acids is 1. The number of carbonyl (C=O) groups is 1. The number of benzene rings is 1. The van der Waals surface area contributed by atoms with E-state index in [-0.39, 0.29) is 11.6 Å². The van der Waals surface area contributed by atoms with E-state index in [0.29, 0.717) is 23.4 Å². The number of nitro groups is 1. The number of anilines is 1. The molecular weight excluding hydrogens is 232 g/mol. The van der Waals surface area contributed by atoms with Crippen molar-refractivity contribution in [2.45, 2.75) is 20.8 Å². The van der Waals surface area contributed by atoms with Gasteiger partial charge in [0, 0.05) is 19.5 Å². The molecule has 1 rings (SSSR count). The number of rotatable bonds is 4. The van der Waals surface area contributed by atoms with Crippen LogP contribution >= 0.6 is 0 Å². The van der Waals surface area contributed by atoms with E-state index in [0.717, 1.165) is 0 Å². The molecule has 1 aromatic rings. The Balaban J connectivity index is 3.35. The zero-order valence-electron chi connectivity index (χ0n) is 10.8. The zero-order valence-corrected chi connectivity index (χ0v) is 10.8. The van der Waals surface area contributed by atoms with Crippen LogP contribution in [0, 0.1) is 10.1 Å². The van der Waals surface area contributed by atoms with Crippen molar-refractivity contribution in [1.29, 1.82) is 0 Å². The van der Waals surface area contributed by atoms with Gasteiger partial charge in [-0.25, -0.2) is 0 Å². The summed E-state index contributed by atoms with van der Waals surface area (Å²) < 4.78 is 0. The molecule has 1 amide bonds. The Kier molecular flexibility index (Phi) is 4.20. The molecule has 1 aromatic carbocycles. The summed E-state index contributed by atoms with van der Waals surface area (Å²) in [6.07, 6.45) is 0. The van der Waals surface area contributed by atoms with Crippen molar-refractivity contribution in [2.75, 3.05) is 11.4 Å². The highest BCUT2D eigenvalue weighted by Gasteiger charge is 2.18. The van der Waals surface area contributed by atoms with Gasteiger partial charge >= 0.3 is 0 Å². The van der Waals surface area contributed by atoms with Gasteiger partial charge in [-0.1, -0.05) is 6.58 Å². The first-order chi connectivity index (χ1) is 8.38. The predicted molar refractivity (Wildman–Crippen MR) is 71.5 cm³/mol. The van der Waals surface area contributed by atoms with E-state index in [4.69, 9.17) is 0 Å². The van der Waals surface area contributed by atoms with E-state index in [1.165, 1.54) is 17.9 Å². The Bertz CT molecular complexity index is 509. The van der Waals surface area contributed by atoms with E-state index in [2.05, 4.69) is 6.58 Å². The smallest absolute Gasteiger partial charge is 0.278 e. The molecule has 5 nitrogen and oxygen atoms in total. The second-order valence-electron chi connectivity index (χ2n) is 4.00. The summed E-state index contributed by atoms with van der Waals surface area (Å²) >= 11 is 0. The zero-order chi connectivity index (χ0) is 13.9. The second-order valence-corrected chi connectivity index (χ2v) is 4.00. The molecule has 0 aliphatic heterocycles. The molecule has 0 unspecified atom stereocenters. The summed E-state index contributed by atoms with van der Waals surface area (Å²) in [5, 5.41) is 11.0. The highest BCUT2D eigenvalue weighted by Crippen LogP contribution is 2.29. The monoisotopic (exact) mass is 248 g/mol. The molecule has 0 saturated carbocycles. The summed E-state index contributed by atoms with van der Waals surface area (Å²) in [4.78, 5) is 23.5. The standard InChI is InChI=1S/C13H16N2O3/c1-5-14(10(4)16)11-6-7-12(9(2)3)13(8-11)15(17)18/h6-8H,2,5H2,1,3-4H3. The molecule has 18 heavy (non-hydrogen) atoms. The molecule has 0 heterocycles. The van der Waals surface area contributed by atoms with Crippen LogP contribution in [0.3, 0.4) is 0 Å². The Labute approximate surface area is 106 Å². The van der Waals surface area contributed by atoms with Crippen molar-refractivity contribution in [3.8, 4) is 0 Å². The highest BCUT2D eigenvalue weighted by atomic mass is 16.6. The summed E-state index contributed by atoms with van der Waals surface area (Å²) in [6.45, 7) is 9.15. The second kappa shape index (κ2) is 5.44. The van der Waals surface area contributed by atoms with Gasteiger partial charge in [-0.2, -0.15) is 0 Å². The minimum Gasteiger partial charge on any atom is -0.313 e. The van der Waals surface area contributed by atoms with E-state index in [1.54, 1.807) is 19.1 Å². The summed E-state index contributed by atoms with van der Waals surface area (Å²) in [5.74, 6) is -0.144. The molecule has 0 N–H and O–H groups in total. The lowest BCUT2D eigenvalue weighted by Crippen LogP contribution is -2.27. The largest absolute Gasteiger partial charge is 0.313 e. The van der Waals surface area contributed by atoms with Gasteiger partial charge in [0.15, 0.2) is 0 Å². The number of nitro benzene ring substituents is 1. The van der Waals surface area contributed by atoms with Crippen LogP contribution in [0.4, 0.5) is 11.4 Å². The first kappa shape index (κ1) is 13.9. The Morgan fingerprint density at radius 1 is 1.44 bits per heavy atom. The maximum Gasteiger partial charge on any atom is 0.278 e. The summed E-state index contributed by atoms with van der Waals surface area (Å²) in [5.41, 5.74) is 1.61. The highest BCUT2D eigenvalue weighted by molar-refractivity contribution is 5.92. The molecule has 96 valence electrons. The number of hydrogen-bond acceptors (Lipinski definition) is 3. The molecule has 5 heteroatoms. The lowest BCUT2D eigenvalue weighted by Gasteiger charge is -2.19. The van der Waals surface area contributed by atoms with Crippen LogP contribution in [0.2, 0.25) is 0 Å². The van der Waals surface area contributed by atoms with E-state index < -0.39 is 4.92 Å². The van der Waals surface area contributed by atoms with Gasteiger partial charge in [-0.15, -0.1) is 0 Å². The average Bonchev–Trinajstić information content (AvgIpc) is 2.28. The molecule has 0 atom stereocenters. The maximum absolute atomic E-state index is 11.4. The molecule has 0 spiro atoms. The van der Waals surface area contributed by atoms with Crippen molar-refractivity contribution >= 4 is 22.9 Å². The van der Waals surface area contributed by atoms with Gasteiger partial charge in [0.2, 0.25) is 5.91 Å². The maximum atomic E-state index is 11.4. The lowest BCUT2D eigenvalue weighted by atomic mass is 10.1. The average molecular weight is 248 g/mol. The van der Waals surface area contributed by atoms with Gasteiger partial charge in [0.05, 0.1) is 16.2 Å². The fraction of sp³-hybridized carbons (Fsp3) is 0.308. The van der Waals surface area contributed by atoms with Crippen molar-refractivity contribution in [2.24, 2.45) is 0 Å². The molecule has 0 fully saturated rings. The number of hydrogen-bond donors (Lipinski definition) is 0. The van der Waals surface area contributed by atoms with E-state index >= 15 is 0 Å². The molecular formula is C13H16N2O3. The molecule has 0 saturated heterocycles. The third-order valence-corrected chi connectivity index (χ3v) is 2.65. The fourth-order valence-electron chi connectivity index (χ4n) is 1.79. The Morgan fingerprint density at radius 3 is 2.44 bits per heavy atom. The summed E-state index contributed by atoms with van der Waals surface area (Å²) in [7, 11) is 0. The van der Waals surface area contributed by atoms with Crippen molar-refractivity contribution in [3.05, 3.63) is 40.5 Å². The first-order valence-electron chi connectivity index (χ1n) is 5.61. The van der Waals surface area contributed by atoms with E-state index in [1.807, 2.05) is 6.92 Å². The predicted octanol–water partition coefficient (Wildman–Crippen LogP) is 3.00. The van der Waals surface area contributed by atoms with Gasteiger partial charge in [-0.3, -0.25) is 14.9 Å². The quantitative estimate of drug-likeness (QED) is 0.607. The third kappa shape index (κ3) is 2.74. The van der Waals surface area contributed by atoms with Gasteiger partial charge in [0.1, 0.15) is 0 Å². The molecule has 0 bridgehead atoms. The van der Waals surface area contributed by atoms with Crippen LogP contribution in [0.5, 0.6) is 0 Å². The number of nitrogens with zero attached hydrogens (tertiary/aromatic N) is 2. The molecule has 0 aliphatic carbocycles. The summed E-state index contributed by atoms with van der Waals surface area (Å²) in [6, 6.07) is 4.73. The first-order valence-corrected chi connectivity index (χ1v) is 5.61. The molecule has 0 aliphatic rings. The molecule has 0 radical (unpaired) electrons. The minimum atomic E-state index is -0.457. The lowest BCUT2D eigenvalue weighted by molar-refractivity contribution is -0.385. The van der Waals surface area contributed by atoms with E-state index in [9.17, 15) is 14.9 Å². The van der Waals surface area contributed by atoms with Crippen molar-refractivity contribution in [1.82, 2.24) is 0 Å². The topological polar surface area (TPSA) is 63.5 Å². The number of amides is 1. The van der Waals surface area contributed by atoms with Crippen LogP contribution in [-0.2, 0) is 4.79 Å². The van der Waals surface area contributed by atoms with Crippen molar-refractivity contribution in [3.63, 3.8) is 0 Å². The fourth-order valence-corrected chi connectivity index (χ4v) is 1.79. The normalized spacial score (nSPS) is 9.94. The van der Waals surface area contributed by atoms with Crippen LogP contribution in [-0.4, -0.2) is 17.4 Å². The third-order valence-electron chi connectivity index (χ3n) is 2.65. The van der Waals surface area contributed by atoms with Crippen LogP contribution < -0.4 is 4.90 Å². The van der Waals surface area contributed by atoms with Crippen LogP contribution in [0.25, 0.3) is 5.57 Å². The SMILES string of the molecule is C=C(C)c1ccc(N(CC)C(C)=O)cc1[N+](=O)[O-]. The number of allylic oxidation sites excluding steroid dienone is 1. The molecule has 0 aromatic heterocycles. The van der Waals surface area contributed by atoms with Crippen molar-refractivity contribution < 1.29 is 9.72 Å². The minimum absolute atomic E-state index is 0.0281. The Hall–Kier alpha value is -2.17. The van der Waals surface area contributed by atoms with Gasteiger partial charge in [0.25, 0.3) is 5.69 Å². The van der Waals surface area contributed by atoms with Gasteiger partial charge in [-0.05, 0) is 31.6 Å². The van der Waals surface area contributed by atoms with Crippen LogP contribution in [0.15, 0.2) is 24.8 Å². The van der Waals surface area contributed by atoms with Crippen LogP contribution in [0.1, 0.15) is 26.3 Å². The Morgan fingerprint density at radius 2 is 2.06 bits per heavy atom. The van der Waals surface area contributed by atoms with Gasteiger partial charge < -0.3 is 4.90 Å².